The van der Waals surface area contributed by atoms with Gasteiger partial charge in [-0.3, -0.25) is 4.57 Å². The Labute approximate surface area is 599 Å². The molecule has 18 rings (SSSR count). The van der Waals surface area contributed by atoms with Crippen LogP contribution in [0.1, 0.15) is 52.4 Å². The molecule has 0 atom stereocenters. The summed E-state index contributed by atoms with van der Waals surface area (Å²) >= 11 is 0. The Bertz CT molecular complexity index is 6860. The third-order valence-corrected chi connectivity index (χ3v) is 22.0. The fourth-order valence-electron chi connectivity index (χ4n) is 13.6. The molecule has 0 saturated heterocycles. The minimum atomic E-state index is -6.31. The quantitative estimate of drug-likeness (QED) is 0.0593. The molecule has 96 heavy (non-hydrogen) atoms. The van der Waals surface area contributed by atoms with E-state index in [1.807, 2.05) is 152 Å². The number of aromatic nitrogens is 4. The summed E-state index contributed by atoms with van der Waals surface area (Å²) < 4.78 is 203. The molecular formula is C88H60N4O2PtSi-2. The fraction of sp³-hybridized carbons (Fsp3) is 0.0455. The van der Waals surface area contributed by atoms with Crippen LogP contribution >= 0.6 is 0 Å². The number of nitrogens with zero attached hydrogens (tertiary/aromatic N) is 4. The van der Waals surface area contributed by atoms with Gasteiger partial charge in [0.2, 0.25) is 0 Å². The zero-order valence-corrected chi connectivity index (χ0v) is 54.7. The number of hydrogen-bond acceptors (Lipinski definition) is 3. The standard InChI is InChI=1S/C88H60N4O2Si.Pt/c1-88(2,3)61-48-49-89-85(54-61)92-80-42-19-17-38-74(80)75-46-45-64(56-81(75)92)93-63-26-22-25-62(55-63)90-57-91-86-69(59-24-21-33-68(50-59)95(65-27-7-4-8-28-65,66-29-9-5-10-30-66)67-31-11-6-12-32-67)40-23-41-77(86)72-36-15-13-34-70(72)71-35-14-16-37-73(71)79-52-60(53-82(90)87(79)91)58-44-47-84-78(51-58)76-39-18-20-43-83(76)94-84;/h4-54H,1-3H3;/q-2;/i4D,5D,6D,7D,8D,9D,10D,11D,12D,21D,24D,27D,28D,29D,30D,31D,32D,33D,50D;. The molecule has 1 aliphatic rings. The van der Waals surface area contributed by atoms with E-state index in [0.717, 1.165) is 54.9 Å². The Kier molecular flexibility index (Phi) is 10.1. The van der Waals surface area contributed by atoms with E-state index in [2.05, 4.69) is 68.1 Å². The third kappa shape index (κ3) is 9.55. The largest absolute Gasteiger partial charge is 0.510 e. The molecule has 0 amide bonds. The zero-order chi connectivity index (χ0) is 79.9. The van der Waals surface area contributed by atoms with Crippen LogP contribution in [0.25, 0.3) is 128 Å². The molecular weight excluding hydrogens is 1370 g/mol. The number of ether oxygens (including phenoxy) is 1. The van der Waals surface area contributed by atoms with Crippen LogP contribution in [0, 0.1) is 18.5 Å². The van der Waals surface area contributed by atoms with Gasteiger partial charge in [0.1, 0.15) is 17.0 Å². The average molecular weight is 1450 g/mol. The van der Waals surface area contributed by atoms with Gasteiger partial charge < -0.3 is 18.3 Å². The fourth-order valence-corrected chi connectivity index (χ4v) is 17.2. The first kappa shape index (κ1) is 41.5. The van der Waals surface area contributed by atoms with Gasteiger partial charge in [0, 0.05) is 55.1 Å². The van der Waals surface area contributed by atoms with E-state index in [4.69, 9.17) is 18.3 Å². The van der Waals surface area contributed by atoms with Crippen LogP contribution in [-0.4, -0.2) is 22.2 Å². The number of hydrogen-bond donors (Lipinski definition) is 0. The van der Waals surface area contributed by atoms with Crippen molar-refractivity contribution < 1.29 is 60.8 Å². The number of imidazole rings is 1. The molecule has 1 aliphatic heterocycles. The van der Waals surface area contributed by atoms with Gasteiger partial charge in [-0.25, -0.2) is 4.98 Å². The predicted octanol–water partition coefficient (Wildman–Crippen LogP) is 18.8. The molecule has 0 N–H and O–H groups in total. The number of benzene rings is 13. The second-order valence-corrected chi connectivity index (χ2v) is 27.9. The van der Waals surface area contributed by atoms with Crippen molar-refractivity contribution in [3.63, 3.8) is 0 Å². The van der Waals surface area contributed by atoms with Crippen molar-refractivity contribution in [3.8, 4) is 84.3 Å². The topological polar surface area (TPSA) is 49.0 Å². The number of furan rings is 1. The molecule has 6 nitrogen and oxygen atoms in total. The monoisotopic (exact) mass is 1450 g/mol. The van der Waals surface area contributed by atoms with E-state index < -0.39 is 149 Å². The van der Waals surface area contributed by atoms with Crippen LogP contribution < -0.4 is 30.1 Å². The van der Waals surface area contributed by atoms with Crippen molar-refractivity contribution in [2.24, 2.45) is 0 Å². The van der Waals surface area contributed by atoms with Gasteiger partial charge in [-0.05, 0) is 141 Å². The second-order valence-electron chi connectivity index (χ2n) is 24.4. The van der Waals surface area contributed by atoms with Crippen LogP contribution in [0.15, 0.2) is 313 Å². The molecule has 0 fully saturated rings. The molecule has 5 heterocycles. The van der Waals surface area contributed by atoms with Crippen molar-refractivity contribution in [1.82, 2.24) is 14.1 Å². The van der Waals surface area contributed by atoms with Crippen LogP contribution in [0.3, 0.4) is 0 Å². The maximum atomic E-state index is 11.2. The van der Waals surface area contributed by atoms with Gasteiger partial charge in [0.15, 0.2) is 8.07 Å². The normalized spacial score (nSPS) is 14.8. The van der Waals surface area contributed by atoms with Crippen LogP contribution in [-0.2, 0) is 26.5 Å². The summed E-state index contributed by atoms with van der Waals surface area (Å²) in [6.07, 6.45) is 5.56. The van der Waals surface area contributed by atoms with Gasteiger partial charge in [-0.15, -0.1) is 29.7 Å². The van der Waals surface area contributed by atoms with E-state index in [1.165, 1.54) is 0 Å². The first-order chi connectivity index (χ1) is 54.6. The van der Waals surface area contributed by atoms with Gasteiger partial charge in [0.25, 0.3) is 6.33 Å². The van der Waals surface area contributed by atoms with E-state index in [9.17, 15) is 21.9 Å². The first-order valence-electron chi connectivity index (χ1n) is 40.4. The van der Waals surface area contributed by atoms with Crippen molar-refractivity contribution in [2.75, 3.05) is 0 Å². The summed E-state index contributed by atoms with van der Waals surface area (Å²) in [4.78, 5) is 4.89. The van der Waals surface area contributed by atoms with Crippen molar-refractivity contribution in [1.29, 1.82) is 0 Å². The smallest absolute Gasteiger partial charge is 0.268 e. The summed E-state index contributed by atoms with van der Waals surface area (Å²) in [5.41, 5.74) is 10.3. The van der Waals surface area contributed by atoms with E-state index in [1.54, 1.807) is 27.3 Å². The second kappa shape index (κ2) is 23.4. The molecule has 0 saturated carbocycles. The van der Waals surface area contributed by atoms with Gasteiger partial charge in [-0.1, -0.05) is 256 Å². The summed E-state index contributed by atoms with van der Waals surface area (Å²) in [5.74, 6) is 1.32. The molecule has 0 bridgehead atoms. The Morgan fingerprint density at radius 2 is 1.07 bits per heavy atom. The summed E-state index contributed by atoms with van der Waals surface area (Å²) in [7, 11) is -6.31. The molecule has 0 unspecified atom stereocenters. The third-order valence-electron chi connectivity index (χ3n) is 18.0. The van der Waals surface area contributed by atoms with E-state index in [-0.39, 0.29) is 43.5 Å². The van der Waals surface area contributed by atoms with Crippen LogP contribution in [0.4, 0.5) is 0 Å². The molecule has 460 valence electrons. The molecule has 8 heteroatoms. The number of fused-ring (bicyclic) bond motifs is 13. The predicted molar refractivity (Wildman–Crippen MR) is 390 cm³/mol. The molecule has 0 spiro atoms. The van der Waals surface area contributed by atoms with Crippen molar-refractivity contribution in [2.45, 2.75) is 26.2 Å². The molecule has 17 aromatic rings. The molecule has 0 aliphatic carbocycles. The zero-order valence-electron chi connectivity index (χ0n) is 70.4. The molecule has 0 radical (unpaired) electrons. The Morgan fingerprint density at radius 3 is 1.79 bits per heavy atom. The Balaban J connectivity index is 0.00000953. The van der Waals surface area contributed by atoms with Gasteiger partial charge in [-0.2, -0.15) is 18.2 Å². The number of rotatable bonds is 10. The minimum absolute atomic E-state index is 0. The summed E-state index contributed by atoms with van der Waals surface area (Å²) in [6, 6.07) is 47.1. The van der Waals surface area contributed by atoms with Gasteiger partial charge in [0.05, 0.1) is 42.8 Å². The maximum Gasteiger partial charge on any atom is 0.268 e. The Morgan fingerprint density at radius 1 is 0.469 bits per heavy atom. The van der Waals surface area contributed by atoms with E-state index in [0.29, 0.717) is 67.2 Å². The van der Waals surface area contributed by atoms with Crippen LogP contribution in [0.2, 0.25) is 0 Å². The number of pyridine rings is 1. The first-order valence-corrected chi connectivity index (χ1v) is 32.9. The SMILES string of the molecule is [2H]c1c([2H])c([2H])c([Si](c2c([2H])c([2H])c([2H])c([2H])c2[2H])(c2c([2H])c([2H])c([2H])c([2H])c2[2H])c2c([2H])c([2H])c([2H])c(-c3cccc4c3-[n+]3[c-]n(-c5[c-]c(Oc6[c-]c7c(cc6)c6ccccc6n7-c6cc(C(C)(C)C)ccn6)ccc5)c5cc(-c6ccc7oc8ccccc8c7c6)cc(c53)-c3ccccc3-c3ccccc3-4)c2[2H])c([2H])c1[2H].[Pt]. The van der Waals surface area contributed by atoms with Crippen molar-refractivity contribution in [3.05, 3.63) is 333 Å². The molecule has 4 aromatic heterocycles. The molecule has 13 aromatic carbocycles. The number of para-hydroxylation sites is 3. The van der Waals surface area contributed by atoms with Crippen LogP contribution in [0.5, 0.6) is 11.5 Å². The van der Waals surface area contributed by atoms with Gasteiger partial charge >= 0.3 is 0 Å². The van der Waals surface area contributed by atoms with Crippen molar-refractivity contribution >= 4 is 83.6 Å². The van der Waals surface area contributed by atoms with E-state index >= 15 is 0 Å². The summed E-state index contributed by atoms with van der Waals surface area (Å²) in [6.45, 7) is 6.46. The summed E-state index contributed by atoms with van der Waals surface area (Å²) in [5, 5.41) is -0.128. The average Bonchev–Trinajstić information content (AvgIpc) is 1.49. The minimum Gasteiger partial charge on any atom is -0.510 e. The maximum absolute atomic E-state index is 11.2. The Hall–Kier alpha value is -11.2.